The van der Waals surface area contributed by atoms with Crippen LogP contribution in [0.3, 0.4) is 0 Å². The predicted octanol–water partition coefficient (Wildman–Crippen LogP) is 2.19. The summed E-state index contributed by atoms with van der Waals surface area (Å²) in [6.07, 6.45) is 6.52. The van der Waals surface area contributed by atoms with Crippen LogP contribution in [-0.4, -0.2) is 26.3 Å². The highest BCUT2D eigenvalue weighted by Gasteiger charge is 2.10. The lowest BCUT2D eigenvalue weighted by Crippen LogP contribution is -2.21. The van der Waals surface area contributed by atoms with E-state index >= 15 is 0 Å². The normalized spacial score (nSPS) is 24.2. The fraction of sp³-hybridized carbons (Fsp3) is 1.00. The zero-order valence-electron chi connectivity index (χ0n) is 8.85. The van der Waals surface area contributed by atoms with Crippen LogP contribution in [0.2, 0.25) is 0 Å². The van der Waals surface area contributed by atoms with Crippen LogP contribution in [0, 0.1) is 5.92 Å². The molecule has 1 rings (SSSR count). The third-order valence-corrected chi connectivity index (χ3v) is 2.67. The summed E-state index contributed by atoms with van der Waals surface area (Å²) in [5, 5.41) is 3.48. The standard InChI is InChI=1S/C11H23NO/c1-2-8-13-9-6-11-5-3-4-7-12-10-11/h11-12H,2-10H2,1H3. The van der Waals surface area contributed by atoms with Crippen molar-refractivity contribution in [3.8, 4) is 0 Å². The van der Waals surface area contributed by atoms with E-state index in [9.17, 15) is 0 Å². The summed E-state index contributed by atoms with van der Waals surface area (Å²) in [5.41, 5.74) is 0. The summed E-state index contributed by atoms with van der Waals surface area (Å²) in [6, 6.07) is 0. The lowest BCUT2D eigenvalue weighted by Gasteiger charge is -2.13. The average molecular weight is 185 g/mol. The van der Waals surface area contributed by atoms with Gasteiger partial charge in [0.2, 0.25) is 0 Å². The summed E-state index contributed by atoms with van der Waals surface area (Å²) in [4.78, 5) is 0. The molecule has 2 heteroatoms. The lowest BCUT2D eigenvalue weighted by molar-refractivity contribution is 0.119. The SMILES string of the molecule is CCCOCCC1CCCCNC1. The van der Waals surface area contributed by atoms with Crippen molar-refractivity contribution in [3.63, 3.8) is 0 Å². The molecule has 1 N–H and O–H groups in total. The van der Waals surface area contributed by atoms with Crippen LogP contribution in [0.1, 0.15) is 39.0 Å². The van der Waals surface area contributed by atoms with Crippen molar-refractivity contribution >= 4 is 0 Å². The molecule has 2 nitrogen and oxygen atoms in total. The maximum atomic E-state index is 5.50. The summed E-state index contributed by atoms with van der Waals surface area (Å²) in [7, 11) is 0. The van der Waals surface area contributed by atoms with Crippen molar-refractivity contribution in [2.75, 3.05) is 26.3 Å². The Kier molecular flexibility index (Phi) is 6.21. The van der Waals surface area contributed by atoms with Gasteiger partial charge in [0, 0.05) is 13.2 Å². The van der Waals surface area contributed by atoms with E-state index in [1.807, 2.05) is 0 Å². The molecule has 1 aliphatic heterocycles. The van der Waals surface area contributed by atoms with Gasteiger partial charge in [0.05, 0.1) is 0 Å². The molecule has 0 aromatic heterocycles. The second-order valence-electron chi connectivity index (χ2n) is 3.97. The third kappa shape index (κ3) is 5.27. The van der Waals surface area contributed by atoms with Gasteiger partial charge in [-0.1, -0.05) is 13.3 Å². The molecule has 0 saturated carbocycles. The average Bonchev–Trinajstić information content (AvgIpc) is 2.41. The first-order chi connectivity index (χ1) is 6.43. The smallest absolute Gasteiger partial charge is 0.0469 e. The van der Waals surface area contributed by atoms with Gasteiger partial charge >= 0.3 is 0 Å². The summed E-state index contributed by atoms with van der Waals surface area (Å²) in [6.45, 7) is 6.47. The largest absolute Gasteiger partial charge is 0.381 e. The number of hydrogen-bond acceptors (Lipinski definition) is 2. The van der Waals surface area contributed by atoms with E-state index < -0.39 is 0 Å². The van der Waals surface area contributed by atoms with Gasteiger partial charge in [0.25, 0.3) is 0 Å². The number of hydrogen-bond donors (Lipinski definition) is 1. The topological polar surface area (TPSA) is 21.3 Å². The van der Waals surface area contributed by atoms with Crippen LogP contribution in [-0.2, 0) is 4.74 Å². The van der Waals surface area contributed by atoms with Gasteiger partial charge in [-0.25, -0.2) is 0 Å². The van der Waals surface area contributed by atoms with Gasteiger partial charge in [-0.3, -0.25) is 0 Å². The van der Waals surface area contributed by atoms with Gasteiger partial charge in [-0.05, 0) is 44.7 Å². The Labute approximate surface area is 82.0 Å². The first-order valence-electron chi connectivity index (χ1n) is 5.72. The molecule has 1 heterocycles. The Bertz CT molecular complexity index is 109. The molecule has 0 radical (unpaired) electrons. The van der Waals surface area contributed by atoms with Crippen molar-refractivity contribution in [1.29, 1.82) is 0 Å². The maximum absolute atomic E-state index is 5.50. The second kappa shape index (κ2) is 7.34. The highest BCUT2D eigenvalue weighted by molar-refractivity contribution is 4.67. The highest BCUT2D eigenvalue weighted by Crippen LogP contribution is 2.14. The predicted molar refractivity (Wildman–Crippen MR) is 55.9 cm³/mol. The fourth-order valence-electron chi connectivity index (χ4n) is 1.83. The zero-order chi connectivity index (χ0) is 9.36. The Balaban J connectivity index is 1.98. The lowest BCUT2D eigenvalue weighted by atomic mass is 10.0. The van der Waals surface area contributed by atoms with Crippen molar-refractivity contribution < 1.29 is 4.74 Å². The van der Waals surface area contributed by atoms with E-state index in [0.717, 1.165) is 25.6 Å². The Morgan fingerprint density at radius 1 is 1.31 bits per heavy atom. The van der Waals surface area contributed by atoms with Crippen molar-refractivity contribution in [3.05, 3.63) is 0 Å². The van der Waals surface area contributed by atoms with Crippen molar-refractivity contribution in [2.24, 2.45) is 5.92 Å². The second-order valence-corrected chi connectivity index (χ2v) is 3.97. The summed E-state index contributed by atoms with van der Waals surface area (Å²) in [5.74, 6) is 0.861. The Hall–Kier alpha value is -0.0800. The molecule has 78 valence electrons. The van der Waals surface area contributed by atoms with Crippen LogP contribution in [0.25, 0.3) is 0 Å². The molecule has 1 fully saturated rings. The molecule has 0 aromatic carbocycles. The molecule has 0 aliphatic carbocycles. The molecule has 13 heavy (non-hydrogen) atoms. The molecule has 0 bridgehead atoms. The van der Waals surface area contributed by atoms with E-state index in [2.05, 4.69) is 12.2 Å². The minimum atomic E-state index is 0.861. The molecular weight excluding hydrogens is 162 g/mol. The third-order valence-electron chi connectivity index (χ3n) is 2.67. The summed E-state index contributed by atoms with van der Waals surface area (Å²) < 4.78 is 5.50. The van der Waals surface area contributed by atoms with Gasteiger partial charge < -0.3 is 10.1 Å². The number of ether oxygens (including phenoxy) is 1. The highest BCUT2D eigenvalue weighted by atomic mass is 16.5. The van der Waals surface area contributed by atoms with Gasteiger partial charge in [-0.2, -0.15) is 0 Å². The molecule has 1 aliphatic rings. The molecule has 1 unspecified atom stereocenters. The monoisotopic (exact) mass is 185 g/mol. The quantitative estimate of drug-likeness (QED) is 0.663. The molecule has 0 spiro atoms. The minimum absolute atomic E-state index is 0.861. The molecule has 1 atom stereocenters. The van der Waals surface area contributed by atoms with Crippen LogP contribution < -0.4 is 5.32 Å². The first-order valence-corrected chi connectivity index (χ1v) is 5.72. The number of rotatable bonds is 5. The van der Waals surface area contributed by atoms with E-state index in [0.29, 0.717) is 0 Å². The van der Waals surface area contributed by atoms with Crippen LogP contribution in [0.5, 0.6) is 0 Å². The van der Waals surface area contributed by atoms with E-state index in [-0.39, 0.29) is 0 Å². The fourth-order valence-corrected chi connectivity index (χ4v) is 1.83. The van der Waals surface area contributed by atoms with Gasteiger partial charge in [-0.15, -0.1) is 0 Å². The first kappa shape index (κ1) is 11.0. The van der Waals surface area contributed by atoms with Gasteiger partial charge in [0.15, 0.2) is 0 Å². The van der Waals surface area contributed by atoms with Crippen LogP contribution >= 0.6 is 0 Å². The number of nitrogens with one attached hydrogen (secondary N) is 1. The molecular formula is C11H23NO. The molecule has 1 saturated heterocycles. The van der Waals surface area contributed by atoms with E-state index in [1.54, 1.807) is 0 Å². The Morgan fingerprint density at radius 2 is 2.23 bits per heavy atom. The van der Waals surface area contributed by atoms with Crippen molar-refractivity contribution in [2.45, 2.75) is 39.0 Å². The van der Waals surface area contributed by atoms with E-state index in [1.165, 1.54) is 38.8 Å². The Morgan fingerprint density at radius 3 is 3.08 bits per heavy atom. The van der Waals surface area contributed by atoms with E-state index in [4.69, 9.17) is 4.74 Å². The van der Waals surface area contributed by atoms with Crippen LogP contribution in [0.15, 0.2) is 0 Å². The van der Waals surface area contributed by atoms with Crippen molar-refractivity contribution in [1.82, 2.24) is 5.32 Å². The maximum Gasteiger partial charge on any atom is 0.0469 e. The van der Waals surface area contributed by atoms with Crippen LogP contribution in [0.4, 0.5) is 0 Å². The minimum Gasteiger partial charge on any atom is -0.381 e. The zero-order valence-corrected chi connectivity index (χ0v) is 8.85. The summed E-state index contributed by atoms with van der Waals surface area (Å²) >= 11 is 0. The molecule has 0 aromatic rings. The van der Waals surface area contributed by atoms with Gasteiger partial charge in [0.1, 0.15) is 0 Å². The molecule has 0 amide bonds.